The van der Waals surface area contributed by atoms with Crippen LogP contribution in [0.2, 0.25) is 0 Å². The van der Waals surface area contributed by atoms with Gasteiger partial charge in [0.2, 0.25) is 0 Å². The van der Waals surface area contributed by atoms with Crippen molar-refractivity contribution in [2.75, 3.05) is 33.3 Å². The van der Waals surface area contributed by atoms with Gasteiger partial charge >= 0.3 is 0 Å². The van der Waals surface area contributed by atoms with Gasteiger partial charge in [-0.25, -0.2) is 8.78 Å². The van der Waals surface area contributed by atoms with E-state index in [1.54, 1.807) is 0 Å². The molecule has 0 bridgehead atoms. The molecular formula is C13H18F2N2O. The number of morpholine rings is 1. The number of ether oxygens (including phenoxy) is 1. The van der Waals surface area contributed by atoms with E-state index in [4.69, 9.17) is 4.74 Å². The van der Waals surface area contributed by atoms with Gasteiger partial charge in [0.05, 0.1) is 12.7 Å². The molecule has 0 saturated carbocycles. The van der Waals surface area contributed by atoms with E-state index in [1.165, 1.54) is 18.2 Å². The van der Waals surface area contributed by atoms with E-state index in [0.717, 1.165) is 13.1 Å². The third-order valence-corrected chi connectivity index (χ3v) is 3.08. The normalized spacial score (nSPS) is 21.2. The monoisotopic (exact) mass is 256 g/mol. The molecule has 0 radical (unpaired) electrons. The summed E-state index contributed by atoms with van der Waals surface area (Å²) < 4.78 is 32.3. The van der Waals surface area contributed by atoms with Gasteiger partial charge in [0.25, 0.3) is 0 Å². The molecule has 18 heavy (non-hydrogen) atoms. The maximum absolute atomic E-state index is 13.4. The third kappa shape index (κ3) is 3.48. The quantitative estimate of drug-likeness (QED) is 0.881. The van der Waals surface area contributed by atoms with Crippen molar-refractivity contribution in [3.8, 4) is 0 Å². The average molecular weight is 256 g/mol. The van der Waals surface area contributed by atoms with Crippen LogP contribution in [-0.2, 0) is 11.3 Å². The first-order chi connectivity index (χ1) is 8.66. The maximum Gasteiger partial charge on any atom is 0.130 e. The lowest BCUT2D eigenvalue weighted by Gasteiger charge is -2.30. The van der Waals surface area contributed by atoms with Crippen molar-refractivity contribution in [3.63, 3.8) is 0 Å². The van der Waals surface area contributed by atoms with E-state index in [-0.39, 0.29) is 18.2 Å². The highest BCUT2D eigenvalue weighted by molar-refractivity contribution is 5.19. The van der Waals surface area contributed by atoms with Crippen LogP contribution in [0.3, 0.4) is 0 Å². The summed E-state index contributed by atoms with van der Waals surface area (Å²) in [5.74, 6) is -1.02. The van der Waals surface area contributed by atoms with Gasteiger partial charge in [0, 0.05) is 31.7 Å². The largest absolute Gasteiger partial charge is 0.374 e. The van der Waals surface area contributed by atoms with Gasteiger partial charge in [-0.1, -0.05) is 6.07 Å². The van der Waals surface area contributed by atoms with Crippen LogP contribution < -0.4 is 5.32 Å². The van der Waals surface area contributed by atoms with Crippen LogP contribution >= 0.6 is 0 Å². The smallest absolute Gasteiger partial charge is 0.130 e. The van der Waals surface area contributed by atoms with E-state index < -0.39 is 11.6 Å². The lowest BCUT2D eigenvalue weighted by Crippen LogP contribution is -2.44. The van der Waals surface area contributed by atoms with E-state index in [1.807, 2.05) is 7.05 Å². The molecule has 1 aromatic carbocycles. The molecule has 1 atom stereocenters. The molecule has 0 aromatic heterocycles. The number of benzene rings is 1. The average Bonchev–Trinajstić information content (AvgIpc) is 2.33. The molecule has 2 rings (SSSR count). The first-order valence-corrected chi connectivity index (χ1v) is 6.10. The standard InChI is InChI=1S/C13H18F2N2O/c1-17-5-6-18-10(9-17)7-16-8-11-12(14)3-2-4-13(11)15/h2-4,10,16H,5-9H2,1H3. The Labute approximate surface area is 106 Å². The van der Waals surface area contributed by atoms with Crippen LogP contribution in [0.1, 0.15) is 5.56 Å². The molecule has 100 valence electrons. The summed E-state index contributed by atoms with van der Waals surface area (Å²) in [7, 11) is 2.03. The Morgan fingerprint density at radius 1 is 1.39 bits per heavy atom. The van der Waals surface area contributed by atoms with Gasteiger partial charge in [-0.2, -0.15) is 0 Å². The molecule has 1 saturated heterocycles. The summed E-state index contributed by atoms with van der Waals surface area (Å²) in [6.07, 6.45) is 0.0820. The molecule has 1 unspecified atom stereocenters. The number of likely N-dealkylation sites (N-methyl/N-ethyl adjacent to an activating group) is 1. The number of halogens is 2. The van der Waals surface area contributed by atoms with Crippen LogP contribution in [0.15, 0.2) is 18.2 Å². The van der Waals surface area contributed by atoms with Crippen LogP contribution in [0.25, 0.3) is 0 Å². The maximum atomic E-state index is 13.4. The zero-order valence-corrected chi connectivity index (χ0v) is 10.5. The van der Waals surface area contributed by atoms with Crippen molar-refractivity contribution in [2.24, 2.45) is 0 Å². The Morgan fingerprint density at radius 3 is 2.78 bits per heavy atom. The minimum Gasteiger partial charge on any atom is -0.374 e. The molecule has 1 fully saturated rings. The summed E-state index contributed by atoms with van der Waals surface area (Å²) in [6, 6.07) is 3.91. The van der Waals surface area contributed by atoms with Crippen molar-refractivity contribution < 1.29 is 13.5 Å². The zero-order chi connectivity index (χ0) is 13.0. The highest BCUT2D eigenvalue weighted by atomic mass is 19.1. The van der Waals surface area contributed by atoms with Gasteiger partial charge in [-0.05, 0) is 19.2 Å². The first kappa shape index (κ1) is 13.4. The highest BCUT2D eigenvalue weighted by Gasteiger charge is 2.17. The highest BCUT2D eigenvalue weighted by Crippen LogP contribution is 2.11. The molecule has 1 N–H and O–H groups in total. The van der Waals surface area contributed by atoms with Crippen LogP contribution in [0.5, 0.6) is 0 Å². The number of nitrogens with zero attached hydrogens (tertiary/aromatic N) is 1. The van der Waals surface area contributed by atoms with Gasteiger partial charge in [-0.15, -0.1) is 0 Å². The number of rotatable bonds is 4. The predicted molar refractivity (Wildman–Crippen MR) is 65.3 cm³/mol. The Bertz CT molecular complexity index is 380. The minimum absolute atomic E-state index is 0.0820. The van der Waals surface area contributed by atoms with E-state index >= 15 is 0 Å². The molecule has 5 heteroatoms. The molecule has 1 aromatic rings. The molecule has 1 aliphatic heterocycles. The molecule has 0 aliphatic carbocycles. The molecule has 0 amide bonds. The van der Waals surface area contributed by atoms with Crippen LogP contribution in [0, 0.1) is 11.6 Å². The van der Waals surface area contributed by atoms with Crippen LogP contribution in [-0.4, -0.2) is 44.3 Å². The summed E-state index contributed by atoms with van der Waals surface area (Å²) in [5, 5.41) is 3.04. The van der Waals surface area contributed by atoms with Crippen molar-refractivity contribution in [2.45, 2.75) is 12.6 Å². The van der Waals surface area contributed by atoms with E-state index in [0.29, 0.717) is 13.2 Å². The Kier molecular flexibility index (Phi) is 4.63. The second-order valence-electron chi connectivity index (χ2n) is 4.59. The summed E-state index contributed by atoms with van der Waals surface area (Å²) in [4.78, 5) is 2.18. The number of hydrogen-bond acceptors (Lipinski definition) is 3. The Morgan fingerprint density at radius 2 is 2.11 bits per heavy atom. The zero-order valence-electron chi connectivity index (χ0n) is 10.5. The van der Waals surface area contributed by atoms with Gasteiger partial charge in [-0.3, -0.25) is 0 Å². The third-order valence-electron chi connectivity index (χ3n) is 3.08. The SMILES string of the molecule is CN1CCOC(CNCc2c(F)cccc2F)C1. The second-order valence-corrected chi connectivity index (χ2v) is 4.59. The van der Waals surface area contributed by atoms with Crippen molar-refractivity contribution in [1.29, 1.82) is 0 Å². The molecular weight excluding hydrogens is 238 g/mol. The first-order valence-electron chi connectivity index (χ1n) is 6.10. The topological polar surface area (TPSA) is 24.5 Å². The van der Waals surface area contributed by atoms with Crippen molar-refractivity contribution in [3.05, 3.63) is 35.4 Å². The van der Waals surface area contributed by atoms with Crippen LogP contribution in [0.4, 0.5) is 8.78 Å². The van der Waals surface area contributed by atoms with E-state index in [2.05, 4.69) is 10.2 Å². The predicted octanol–water partition coefficient (Wildman–Crippen LogP) is 1.38. The lowest BCUT2D eigenvalue weighted by molar-refractivity contribution is -0.0182. The fourth-order valence-corrected chi connectivity index (χ4v) is 2.05. The second kappa shape index (κ2) is 6.22. The van der Waals surface area contributed by atoms with Crippen molar-refractivity contribution in [1.82, 2.24) is 10.2 Å². The summed E-state index contributed by atoms with van der Waals surface area (Å²) in [6.45, 7) is 3.25. The number of nitrogens with one attached hydrogen (secondary N) is 1. The van der Waals surface area contributed by atoms with Gasteiger partial charge in [0.1, 0.15) is 11.6 Å². The summed E-state index contributed by atoms with van der Waals surface area (Å²) in [5.41, 5.74) is 0.0849. The molecule has 3 nitrogen and oxygen atoms in total. The van der Waals surface area contributed by atoms with Gasteiger partial charge in [0.15, 0.2) is 0 Å². The summed E-state index contributed by atoms with van der Waals surface area (Å²) >= 11 is 0. The molecule has 1 heterocycles. The van der Waals surface area contributed by atoms with Crippen molar-refractivity contribution >= 4 is 0 Å². The number of hydrogen-bond donors (Lipinski definition) is 1. The Hall–Kier alpha value is -1.04. The minimum atomic E-state index is -0.510. The lowest BCUT2D eigenvalue weighted by atomic mass is 10.2. The Balaban J connectivity index is 1.81. The molecule has 1 aliphatic rings. The van der Waals surface area contributed by atoms with E-state index in [9.17, 15) is 8.78 Å². The fraction of sp³-hybridized carbons (Fsp3) is 0.538. The molecule has 0 spiro atoms. The fourth-order valence-electron chi connectivity index (χ4n) is 2.05. The van der Waals surface area contributed by atoms with Gasteiger partial charge < -0.3 is 15.0 Å².